The highest BCUT2D eigenvalue weighted by atomic mass is 19.4. The van der Waals surface area contributed by atoms with Crippen LogP contribution in [0.3, 0.4) is 0 Å². The number of nitrogen functional groups attached to an aromatic ring is 1. The Morgan fingerprint density at radius 1 is 1.44 bits per heavy atom. The molecule has 0 spiro atoms. The molecule has 1 aromatic rings. The number of nitrogens with two attached hydrogens (primary N) is 1. The van der Waals surface area contributed by atoms with E-state index in [-0.39, 0.29) is 12.4 Å². The summed E-state index contributed by atoms with van der Waals surface area (Å²) in [5.41, 5.74) is 6.53. The number of ether oxygens (including phenoxy) is 1. The fourth-order valence-electron chi connectivity index (χ4n) is 1.34. The molecule has 0 radical (unpaired) electrons. The molecule has 0 saturated carbocycles. The van der Waals surface area contributed by atoms with Crippen molar-refractivity contribution in [1.29, 1.82) is 5.41 Å². The van der Waals surface area contributed by atoms with Gasteiger partial charge in [-0.1, -0.05) is 12.1 Å². The molecule has 0 fully saturated rings. The van der Waals surface area contributed by atoms with E-state index in [0.29, 0.717) is 11.3 Å². The highest BCUT2D eigenvalue weighted by Crippen LogP contribution is 2.17. The van der Waals surface area contributed by atoms with Gasteiger partial charge in [-0.2, -0.15) is 0 Å². The third-order valence-electron chi connectivity index (χ3n) is 2.29. The van der Waals surface area contributed by atoms with Gasteiger partial charge in [-0.05, 0) is 12.1 Å². The molecule has 18 heavy (non-hydrogen) atoms. The molecule has 0 unspecified atom stereocenters. The van der Waals surface area contributed by atoms with Crippen molar-refractivity contribution in [3.63, 3.8) is 0 Å². The second kappa shape index (κ2) is 5.72. The number of nitrogens with one attached hydrogen (secondary N) is 1. The molecule has 0 heterocycles. The maximum atomic E-state index is 11.8. The number of benzene rings is 1. The minimum atomic E-state index is -4.61. The first-order valence-corrected chi connectivity index (χ1v) is 5.16. The first kappa shape index (κ1) is 14.3. The smallest absolute Gasteiger partial charge is 0.384 e. The molecule has 4 nitrogen and oxygen atoms in total. The monoisotopic (exact) mass is 261 g/mol. The molecule has 0 saturated heterocycles. The molecule has 0 aliphatic rings. The van der Waals surface area contributed by atoms with E-state index in [1.165, 1.54) is 0 Å². The number of anilines is 1. The van der Waals surface area contributed by atoms with Crippen LogP contribution in [0, 0.1) is 5.41 Å². The van der Waals surface area contributed by atoms with E-state index in [0.717, 1.165) is 0 Å². The molecule has 3 N–H and O–H groups in total. The lowest BCUT2D eigenvalue weighted by molar-refractivity contribution is -0.323. The average molecular weight is 261 g/mol. The van der Waals surface area contributed by atoms with Gasteiger partial charge in [0.25, 0.3) is 0 Å². The van der Waals surface area contributed by atoms with E-state index in [1.807, 2.05) is 0 Å². The van der Waals surface area contributed by atoms with E-state index in [2.05, 4.69) is 4.74 Å². The number of likely N-dealkylation sites (N-methyl/N-ethyl adjacent to an activating group) is 1. The molecule has 0 aliphatic carbocycles. The minimum absolute atomic E-state index is 0.0842. The van der Waals surface area contributed by atoms with Crippen molar-refractivity contribution < 1.29 is 17.9 Å². The largest absolute Gasteiger partial charge is 0.522 e. The lowest BCUT2D eigenvalue weighted by Gasteiger charge is -2.20. The Hall–Kier alpha value is -1.76. The van der Waals surface area contributed by atoms with Crippen molar-refractivity contribution in [2.24, 2.45) is 5.73 Å². The molecule has 1 aromatic carbocycles. The topological polar surface area (TPSA) is 62.3 Å². The van der Waals surface area contributed by atoms with Gasteiger partial charge < -0.3 is 10.6 Å². The van der Waals surface area contributed by atoms with Gasteiger partial charge in [-0.15, -0.1) is 13.2 Å². The van der Waals surface area contributed by atoms with Crippen LogP contribution in [0.15, 0.2) is 24.3 Å². The highest BCUT2D eigenvalue weighted by Gasteiger charge is 2.28. The SMILES string of the molecule is CN(CCOC(F)(F)F)c1cccc(C(=N)N)c1. The van der Waals surface area contributed by atoms with Gasteiger partial charge in [0.1, 0.15) is 5.84 Å². The van der Waals surface area contributed by atoms with E-state index in [1.54, 1.807) is 36.2 Å². The first-order valence-electron chi connectivity index (χ1n) is 5.16. The van der Waals surface area contributed by atoms with Crippen LogP contribution >= 0.6 is 0 Å². The lowest BCUT2D eigenvalue weighted by Crippen LogP contribution is -2.26. The Morgan fingerprint density at radius 3 is 2.67 bits per heavy atom. The van der Waals surface area contributed by atoms with Crippen LogP contribution in [-0.4, -0.2) is 32.4 Å². The van der Waals surface area contributed by atoms with Crippen molar-refractivity contribution in [1.82, 2.24) is 0 Å². The highest BCUT2D eigenvalue weighted by molar-refractivity contribution is 5.95. The molecule has 0 aliphatic heterocycles. The zero-order valence-electron chi connectivity index (χ0n) is 9.79. The van der Waals surface area contributed by atoms with E-state index < -0.39 is 13.0 Å². The van der Waals surface area contributed by atoms with Crippen molar-refractivity contribution in [2.75, 3.05) is 25.1 Å². The molecule has 0 aromatic heterocycles. The van der Waals surface area contributed by atoms with Crippen molar-refractivity contribution >= 4 is 11.5 Å². The normalized spacial score (nSPS) is 11.3. The van der Waals surface area contributed by atoms with Crippen LogP contribution in [0.5, 0.6) is 0 Å². The summed E-state index contributed by atoms with van der Waals surface area (Å²) in [7, 11) is 1.64. The Morgan fingerprint density at radius 2 is 2.11 bits per heavy atom. The second-order valence-electron chi connectivity index (χ2n) is 3.68. The van der Waals surface area contributed by atoms with Crippen LogP contribution in [-0.2, 0) is 4.74 Å². The number of hydrogen-bond acceptors (Lipinski definition) is 3. The number of halogens is 3. The van der Waals surface area contributed by atoms with Crippen molar-refractivity contribution in [3.05, 3.63) is 29.8 Å². The summed E-state index contributed by atoms with van der Waals surface area (Å²) in [6.07, 6.45) is -4.61. The van der Waals surface area contributed by atoms with Gasteiger partial charge in [-0.3, -0.25) is 10.1 Å². The van der Waals surface area contributed by atoms with Crippen LogP contribution in [0.4, 0.5) is 18.9 Å². The molecule has 100 valence electrons. The molecule has 0 bridgehead atoms. The molecule has 0 amide bonds. The van der Waals surface area contributed by atoms with Crippen LogP contribution < -0.4 is 10.6 Å². The summed E-state index contributed by atoms with van der Waals surface area (Å²) < 4.78 is 39.1. The minimum Gasteiger partial charge on any atom is -0.384 e. The summed E-state index contributed by atoms with van der Waals surface area (Å²) in [5.74, 6) is -0.0863. The van der Waals surface area contributed by atoms with Crippen LogP contribution in [0.2, 0.25) is 0 Å². The Labute approximate surface area is 103 Å². The quantitative estimate of drug-likeness (QED) is 0.629. The van der Waals surface area contributed by atoms with Gasteiger partial charge in [0, 0.05) is 24.8 Å². The van der Waals surface area contributed by atoms with Gasteiger partial charge >= 0.3 is 6.36 Å². The lowest BCUT2D eigenvalue weighted by atomic mass is 10.2. The van der Waals surface area contributed by atoms with E-state index in [9.17, 15) is 13.2 Å². The number of nitrogens with zero attached hydrogens (tertiary/aromatic N) is 1. The average Bonchev–Trinajstić information content (AvgIpc) is 2.27. The molecular formula is C11H14F3N3O. The number of alkyl halides is 3. The Kier molecular flexibility index (Phi) is 4.55. The third kappa shape index (κ3) is 4.62. The molecular weight excluding hydrogens is 247 g/mol. The van der Waals surface area contributed by atoms with Gasteiger partial charge in [-0.25, -0.2) is 0 Å². The van der Waals surface area contributed by atoms with Crippen LogP contribution in [0.25, 0.3) is 0 Å². The van der Waals surface area contributed by atoms with Crippen LogP contribution in [0.1, 0.15) is 5.56 Å². The maximum absolute atomic E-state index is 11.8. The van der Waals surface area contributed by atoms with Gasteiger partial charge in [0.2, 0.25) is 0 Å². The summed E-state index contributed by atoms with van der Waals surface area (Å²) in [4.78, 5) is 1.60. The summed E-state index contributed by atoms with van der Waals surface area (Å²) in [6, 6.07) is 6.70. The number of hydrogen-bond donors (Lipinski definition) is 2. The maximum Gasteiger partial charge on any atom is 0.522 e. The fourth-order valence-corrected chi connectivity index (χ4v) is 1.34. The summed E-state index contributed by atoms with van der Waals surface area (Å²) >= 11 is 0. The van der Waals surface area contributed by atoms with Crippen molar-refractivity contribution in [2.45, 2.75) is 6.36 Å². The van der Waals surface area contributed by atoms with Gasteiger partial charge in [0.05, 0.1) is 6.61 Å². The predicted molar refractivity (Wildman–Crippen MR) is 62.7 cm³/mol. The van der Waals surface area contributed by atoms with Gasteiger partial charge in [0.15, 0.2) is 0 Å². The zero-order chi connectivity index (χ0) is 13.8. The van der Waals surface area contributed by atoms with E-state index in [4.69, 9.17) is 11.1 Å². The third-order valence-corrected chi connectivity index (χ3v) is 2.29. The number of rotatable bonds is 5. The number of amidine groups is 1. The zero-order valence-corrected chi connectivity index (χ0v) is 9.79. The standard InChI is InChI=1S/C11H14F3N3O/c1-17(5-6-18-11(12,13)14)9-4-2-3-8(7-9)10(15)16/h2-4,7H,5-6H2,1H3,(H3,15,16). The molecule has 7 heteroatoms. The molecule has 0 atom stereocenters. The van der Waals surface area contributed by atoms with Crippen molar-refractivity contribution in [3.8, 4) is 0 Å². The summed E-state index contributed by atoms with van der Waals surface area (Å²) in [6.45, 7) is -0.370. The first-order chi connectivity index (χ1) is 8.29. The fraction of sp³-hybridized carbons (Fsp3) is 0.364. The summed E-state index contributed by atoms with van der Waals surface area (Å²) in [5, 5.41) is 7.28. The molecule has 1 rings (SSSR count). The van der Waals surface area contributed by atoms with E-state index >= 15 is 0 Å². The predicted octanol–water partition coefficient (Wildman–Crippen LogP) is 1.94. The Bertz CT molecular complexity index is 420. The second-order valence-corrected chi connectivity index (χ2v) is 3.68. The Balaban J connectivity index is 2.59.